The van der Waals surface area contributed by atoms with Crippen molar-refractivity contribution in [2.75, 3.05) is 32.8 Å². The fourth-order valence-corrected chi connectivity index (χ4v) is 8.06. The predicted octanol–water partition coefficient (Wildman–Crippen LogP) is 4.99. The van der Waals surface area contributed by atoms with Crippen molar-refractivity contribution < 1.29 is 17.9 Å². The molecule has 2 heterocycles. The molecular weight excluding hydrogens is 486 g/mol. The molecule has 2 saturated heterocycles. The van der Waals surface area contributed by atoms with Crippen molar-refractivity contribution in [3.8, 4) is 0 Å². The number of piperazine rings is 1. The van der Waals surface area contributed by atoms with Crippen molar-refractivity contribution >= 4 is 27.7 Å². The minimum Gasteiger partial charge on any atom is -0.448 e. The Hall–Kier alpha value is -1.35. The van der Waals surface area contributed by atoms with Gasteiger partial charge in [0.05, 0.1) is 10.9 Å². The SMILES string of the molecule is CC(C)[C@@H]1CCC[C@H](COC(=O)N2CCN(C3CCCCC3)CC2)N1S(=O)(=O)c1ccc(Cl)cc1. The molecule has 4 rings (SSSR count). The van der Waals surface area contributed by atoms with Crippen molar-refractivity contribution in [3.63, 3.8) is 0 Å². The number of piperidine rings is 1. The van der Waals surface area contributed by atoms with E-state index in [1.54, 1.807) is 33.5 Å². The average Bonchev–Trinajstić information content (AvgIpc) is 2.87. The van der Waals surface area contributed by atoms with Gasteiger partial charge in [-0.15, -0.1) is 0 Å². The summed E-state index contributed by atoms with van der Waals surface area (Å²) in [5, 5.41) is 0.497. The molecule has 2 atom stereocenters. The molecule has 0 unspecified atom stereocenters. The highest BCUT2D eigenvalue weighted by molar-refractivity contribution is 7.89. The lowest BCUT2D eigenvalue weighted by molar-refractivity contribution is 0.0345. The van der Waals surface area contributed by atoms with E-state index in [9.17, 15) is 13.2 Å². The van der Waals surface area contributed by atoms with Crippen LogP contribution in [0.2, 0.25) is 5.02 Å². The maximum Gasteiger partial charge on any atom is 0.409 e. The molecule has 0 spiro atoms. The number of hydrogen-bond donors (Lipinski definition) is 0. The molecule has 1 aliphatic carbocycles. The molecule has 1 saturated carbocycles. The van der Waals surface area contributed by atoms with Crippen LogP contribution in [-0.2, 0) is 14.8 Å². The molecule has 2 aliphatic heterocycles. The van der Waals surface area contributed by atoms with Gasteiger partial charge in [0, 0.05) is 43.3 Å². The first-order chi connectivity index (χ1) is 16.8. The van der Waals surface area contributed by atoms with E-state index in [0.717, 1.165) is 25.9 Å². The standard InChI is InChI=1S/C26H40ClN3O4S/c1-20(2)25-10-6-9-23(30(25)35(32,33)24-13-11-21(27)12-14-24)19-34-26(31)29-17-15-28(16-18-29)22-7-4-3-5-8-22/h11-14,20,22-23,25H,3-10,15-19H2,1-2H3/t23-,25+/m1/s1. The highest BCUT2D eigenvalue weighted by Gasteiger charge is 2.42. The normalized spacial score (nSPS) is 25.7. The van der Waals surface area contributed by atoms with Gasteiger partial charge in [-0.25, -0.2) is 13.2 Å². The number of sulfonamides is 1. The number of carbonyl (C=O) groups is 1. The quantitative estimate of drug-likeness (QED) is 0.523. The van der Waals surface area contributed by atoms with E-state index in [1.165, 1.54) is 32.1 Å². The lowest BCUT2D eigenvalue weighted by Crippen LogP contribution is -2.55. The van der Waals surface area contributed by atoms with Gasteiger partial charge in [-0.2, -0.15) is 4.31 Å². The third-order valence-corrected chi connectivity index (χ3v) is 10.2. The van der Waals surface area contributed by atoms with E-state index >= 15 is 0 Å². The number of amides is 1. The van der Waals surface area contributed by atoms with Crippen LogP contribution >= 0.6 is 11.6 Å². The monoisotopic (exact) mass is 525 g/mol. The van der Waals surface area contributed by atoms with Crippen LogP contribution in [-0.4, -0.2) is 79.5 Å². The van der Waals surface area contributed by atoms with Gasteiger partial charge in [0.1, 0.15) is 6.61 Å². The maximum atomic E-state index is 13.7. The van der Waals surface area contributed by atoms with E-state index in [-0.39, 0.29) is 35.6 Å². The predicted molar refractivity (Wildman–Crippen MR) is 138 cm³/mol. The summed E-state index contributed by atoms with van der Waals surface area (Å²) in [5.41, 5.74) is 0. The Morgan fingerprint density at radius 1 is 0.971 bits per heavy atom. The van der Waals surface area contributed by atoms with E-state index in [4.69, 9.17) is 16.3 Å². The minimum atomic E-state index is -3.75. The van der Waals surface area contributed by atoms with Crippen molar-refractivity contribution in [3.05, 3.63) is 29.3 Å². The fraction of sp³-hybridized carbons (Fsp3) is 0.731. The van der Waals surface area contributed by atoms with Crippen molar-refractivity contribution in [1.82, 2.24) is 14.1 Å². The molecule has 1 aromatic rings. The molecule has 0 radical (unpaired) electrons. The Kier molecular flexibility index (Phi) is 9.00. The number of hydrogen-bond acceptors (Lipinski definition) is 5. The molecule has 1 amide bonds. The second-order valence-corrected chi connectivity index (χ2v) is 12.9. The van der Waals surface area contributed by atoms with Crippen LogP contribution in [0, 0.1) is 5.92 Å². The highest BCUT2D eigenvalue weighted by atomic mass is 35.5. The zero-order chi connectivity index (χ0) is 25.0. The van der Waals surface area contributed by atoms with Crippen LogP contribution in [0.5, 0.6) is 0 Å². The van der Waals surface area contributed by atoms with Gasteiger partial charge in [0.2, 0.25) is 10.0 Å². The van der Waals surface area contributed by atoms with Gasteiger partial charge in [-0.05, 0) is 55.9 Å². The smallest absolute Gasteiger partial charge is 0.409 e. The summed E-state index contributed by atoms with van der Waals surface area (Å²) >= 11 is 5.99. The third kappa shape index (κ3) is 6.32. The highest BCUT2D eigenvalue weighted by Crippen LogP contribution is 2.34. The summed E-state index contributed by atoms with van der Waals surface area (Å²) in [6, 6.07) is 6.47. The minimum absolute atomic E-state index is 0.0811. The second-order valence-electron chi connectivity index (χ2n) is 10.6. The fourth-order valence-electron chi connectivity index (χ4n) is 5.95. The molecule has 196 valence electrons. The Morgan fingerprint density at radius 2 is 1.63 bits per heavy atom. The van der Waals surface area contributed by atoms with Crippen LogP contribution in [0.25, 0.3) is 0 Å². The largest absolute Gasteiger partial charge is 0.448 e. The Morgan fingerprint density at radius 3 is 2.26 bits per heavy atom. The first kappa shape index (κ1) is 26.7. The van der Waals surface area contributed by atoms with Crippen molar-refractivity contribution in [1.29, 1.82) is 0 Å². The van der Waals surface area contributed by atoms with E-state index in [2.05, 4.69) is 18.7 Å². The molecule has 0 bridgehead atoms. The molecule has 3 fully saturated rings. The summed E-state index contributed by atoms with van der Waals surface area (Å²) in [7, 11) is -3.75. The van der Waals surface area contributed by atoms with Crippen LogP contribution in [0.4, 0.5) is 4.79 Å². The summed E-state index contributed by atoms with van der Waals surface area (Å²) in [6.07, 6.45) is 8.55. The van der Waals surface area contributed by atoms with Crippen LogP contribution in [0.3, 0.4) is 0 Å². The number of nitrogens with zero attached hydrogens (tertiary/aromatic N) is 3. The molecule has 0 N–H and O–H groups in total. The number of carbonyl (C=O) groups excluding carboxylic acids is 1. The van der Waals surface area contributed by atoms with Gasteiger partial charge in [0.25, 0.3) is 0 Å². The summed E-state index contributed by atoms with van der Waals surface area (Å²) < 4.78 is 34.7. The zero-order valence-corrected chi connectivity index (χ0v) is 22.6. The molecule has 35 heavy (non-hydrogen) atoms. The Balaban J connectivity index is 1.39. The lowest BCUT2D eigenvalue weighted by Gasteiger charge is -2.43. The molecule has 0 aromatic heterocycles. The number of rotatable bonds is 6. The molecule has 7 nitrogen and oxygen atoms in total. The van der Waals surface area contributed by atoms with E-state index < -0.39 is 10.0 Å². The van der Waals surface area contributed by atoms with Crippen LogP contribution < -0.4 is 0 Å². The molecule has 9 heteroatoms. The van der Waals surface area contributed by atoms with Gasteiger partial charge in [0.15, 0.2) is 0 Å². The number of halogens is 1. The molecule has 1 aromatic carbocycles. The molecular formula is C26H40ClN3O4S. The lowest BCUT2D eigenvalue weighted by atomic mass is 9.91. The third-order valence-electron chi connectivity index (χ3n) is 7.95. The Labute approximate surface area is 215 Å². The van der Waals surface area contributed by atoms with Gasteiger partial charge < -0.3 is 9.64 Å². The first-order valence-electron chi connectivity index (χ1n) is 13.2. The zero-order valence-electron chi connectivity index (χ0n) is 21.1. The van der Waals surface area contributed by atoms with Crippen LogP contribution in [0.15, 0.2) is 29.2 Å². The molecule has 3 aliphatic rings. The summed E-state index contributed by atoms with van der Waals surface area (Å²) in [6.45, 7) is 7.29. The van der Waals surface area contributed by atoms with Crippen LogP contribution in [0.1, 0.15) is 65.2 Å². The number of benzene rings is 1. The van der Waals surface area contributed by atoms with Gasteiger partial charge >= 0.3 is 6.09 Å². The van der Waals surface area contributed by atoms with E-state index in [1.807, 2.05) is 0 Å². The topological polar surface area (TPSA) is 70.2 Å². The maximum absolute atomic E-state index is 13.7. The summed E-state index contributed by atoms with van der Waals surface area (Å²) in [4.78, 5) is 17.4. The second kappa shape index (κ2) is 11.8. The Bertz CT molecular complexity index is 942. The van der Waals surface area contributed by atoms with Crippen molar-refractivity contribution in [2.45, 2.75) is 88.2 Å². The average molecular weight is 526 g/mol. The number of ether oxygens (including phenoxy) is 1. The van der Waals surface area contributed by atoms with Gasteiger partial charge in [-0.1, -0.05) is 51.1 Å². The van der Waals surface area contributed by atoms with Crippen molar-refractivity contribution in [2.24, 2.45) is 5.92 Å². The van der Waals surface area contributed by atoms with E-state index in [0.29, 0.717) is 30.6 Å². The van der Waals surface area contributed by atoms with Gasteiger partial charge in [-0.3, -0.25) is 4.90 Å². The first-order valence-corrected chi connectivity index (χ1v) is 15.0. The summed E-state index contributed by atoms with van der Waals surface area (Å²) in [5.74, 6) is 0.156.